The molecule has 0 saturated carbocycles. The van der Waals surface area contributed by atoms with Crippen molar-refractivity contribution in [3.63, 3.8) is 0 Å². The second kappa shape index (κ2) is 5.49. The number of carboxylic acids is 1. The molecule has 1 aromatic heterocycles. The van der Waals surface area contributed by atoms with Gasteiger partial charge in [0.25, 0.3) is 0 Å². The van der Waals surface area contributed by atoms with E-state index >= 15 is 0 Å². The van der Waals surface area contributed by atoms with Crippen LogP contribution in [-0.2, 0) is 11.3 Å². The first-order chi connectivity index (χ1) is 8.58. The van der Waals surface area contributed by atoms with Crippen molar-refractivity contribution in [1.29, 1.82) is 0 Å². The lowest BCUT2D eigenvalue weighted by Gasteiger charge is -2.06. The predicted molar refractivity (Wildman–Crippen MR) is 74.0 cm³/mol. The summed E-state index contributed by atoms with van der Waals surface area (Å²) in [7, 11) is 0. The summed E-state index contributed by atoms with van der Waals surface area (Å²) < 4.78 is 2.42. The zero-order chi connectivity index (χ0) is 13.1. The van der Waals surface area contributed by atoms with Crippen LogP contribution in [0.15, 0.2) is 38.9 Å². The van der Waals surface area contributed by atoms with E-state index in [0.717, 1.165) is 27.1 Å². The molecule has 0 amide bonds. The fourth-order valence-electron chi connectivity index (χ4n) is 1.62. The monoisotopic (exact) mass is 327 g/mol. The summed E-state index contributed by atoms with van der Waals surface area (Å²) in [5.74, 6) is -0.909. The molecule has 94 valence electrons. The maximum atomic E-state index is 11.7. The molecule has 1 N–H and O–H groups in total. The van der Waals surface area contributed by atoms with Crippen molar-refractivity contribution in [2.75, 3.05) is 0 Å². The summed E-state index contributed by atoms with van der Waals surface area (Å²) >= 11 is 4.46. The summed E-state index contributed by atoms with van der Waals surface area (Å²) in [6.45, 7) is 0.194. The lowest BCUT2D eigenvalue weighted by molar-refractivity contribution is -0.137. The van der Waals surface area contributed by atoms with Crippen molar-refractivity contribution in [2.45, 2.75) is 13.0 Å². The number of halogens is 1. The second-order valence-electron chi connectivity index (χ2n) is 3.69. The smallest absolute Gasteiger partial charge is 0.307 e. The van der Waals surface area contributed by atoms with Gasteiger partial charge >= 0.3 is 10.8 Å². The zero-order valence-corrected chi connectivity index (χ0v) is 11.7. The van der Waals surface area contributed by atoms with E-state index in [9.17, 15) is 9.59 Å². The third-order valence-corrected chi connectivity index (χ3v) is 3.71. The average molecular weight is 328 g/mol. The fraction of sp³-hybridized carbons (Fsp3) is 0.167. The van der Waals surface area contributed by atoms with Crippen LogP contribution in [0.4, 0.5) is 0 Å². The SMILES string of the molecule is O=C(O)CCn1c(-c2cccc(Br)c2)csc1=O. The molecule has 0 radical (unpaired) electrons. The number of thiazole rings is 1. The number of nitrogens with zero attached hydrogens (tertiary/aromatic N) is 1. The first kappa shape index (κ1) is 13.0. The molecule has 6 heteroatoms. The molecule has 1 heterocycles. The Morgan fingerprint density at radius 3 is 2.89 bits per heavy atom. The van der Waals surface area contributed by atoms with Gasteiger partial charge in [0.1, 0.15) is 0 Å². The number of hydrogen-bond donors (Lipinski definition) is 1. The van der Waals surface area contributed by atoms with E-state index in [4.69, 9.17) is 5.11 Å². The molecule has 2 rings (SSSR count). The second-order valence-corrected chi connectivity index (χ2v) is 5.43. The van der Waals surface area contributed by atoms with Gasteiger partial charge in [0.15, 0.2) is 0 Å². The Morgan fingerprint density at radius 2 is 2.22 bits per heavy atom. The van der Waals surface area contributed by atoms with Gasteiger partial charge in [-0.3, -0.25) is 14.2 Å². The molecule has 0 fully saturated rings. The van der Waals surface area contributed by atoms with Crippen LogP contribution in [0.25, 0.3) is 11.3 Å². The Kier molecular flexibility index (Phi) is 3.98. The molecule has 0 bridgehead atoms. The Labute approximate surface area is 116 Å². The number of benzene rings is 1. The van der Waals surface area contributed by atoms with Crippen LogP contribution in [0.1, 0.15) is 6.42 Å². The topological polar surface area (TPSA) is 59.3 Å². The summed E-state index contributed by atoms with van der Waals surface area (Å²) in [5.41, 5.74) is 1.65. The summed E-state index contributed by atoms with van der Waals surface area (Å²) in [6, 6.07) is 7.57. The Hall–Kier alpha value is -1.40. The van der Waals surface area contributed by atoms with Crippen molar-refractivity contribution in [3.8, 4) is 11.3 Å². The highest BCUT2D eigenvalue weighted by molar-refractivity contribution is 9.10. The third kappa shape index (κ3) is 2.88. The first-order valence-corrected chi connectivity index (χ1v) is 6.91. The average Bonchev–Trinajstić information content (AvgIpc) is 2.68. The zero-order valence-electron chi connectivity index (χ0n) is 9.30. The van der Waals surface area contributed by atoms with Crippen LogP contribution in [0.3, 0.4) is 0 Å². The van der Waals surface area contributed by atoms with E-state index in [1.54, 1.807) is 5.38 Å². The molecule has 0 aliphatic carbocycles. The highest BCUT2D eigenvalue weighted by Crippen LogP contribution is 2.23. The minimum Gasteiger partial charge on any atom is -0.481 e. The molecule has 2 aromatic rings. The van der Waals surface area contributed by atoms with E-state index < -0.39 is 5.97 Å². The normalized spacial score (nSPS) is 10.5. The molecule has 0 unspecified atom stereocenters. The third-order valence-electron chi connectivity index (χ3n) is 2.45. The minimum absolute atomic E-state index is 0.0579. The largest absolute Gasteiger partial charge is 0.481 e. The van der Waals surface area contributed by atoms with Gasteiger partial charge in [0.2, 0.25) is 0 Å². The number of aromatic nitrogens is 1. The van der Waals surface area contributed by atoms with Crippen molar-refractivity contribution < 1.29 is 9.90 Å². The van der Waals surface area contributed by atoms with Gasteiger partial charge in [-0.25, -0.2) is 0 Å². The van der Waals surface area contributed by atoms with Crippen LogP contribution in [-0.4, -0.2) is 15.6 Å². The van der Waals surface area contributed by atoms with E-state index in [2.05, 4.69) is 15.9 Å². The molecule has 0 atom stereocenters. The molecular formula is C12H10BrNO3S. The minimum atomic E-state index is -0.909. The maximum absolute atomic E-state index is 11.7. The van der Waals surface area contributed by atoms with Crippen LogP contribution in [0.5, 0.6) is 0 Å². The number of carbonyl (C=O) groups is 1. The van der Waals surface area contributed by atoms with E-state index in [0.29, 0.717) is 0 Å². The van der Waals surface area contributed by atoms with Gasteiger partial charge in [-0.1, -0.05) is 39.4 Å². The van der Waals surface area contributed by atoms with Gasteiger partial charge in [0, 0.05) is 22.0 Å². The van der Waals surface area contributed by atoms with Gasteiger partial charge in [-0.05, 0) is 12.1 Å². The van der Waals surface area contributed by atoms with Gasteiger partial charge in [0.05, 0.1) is 12.1 Å². The molecule has 4 nitrogen and oxygen atoms in total. The predicted octanol–water partition coefficient (Wildman–Crippen LogP) is 2.81. The van der Waals surface area contributed by atoms with Crippen molar-refractivity contribution in [2.24, 2.45) is 0 Å². The number of aliphatic carboxylic acids is 1. The highest BCUT2D eigenvalue weighted by Gasteiger charge is 2.10. The number of rotatable bonds is 4. The molecule has 0 saturated heterocycles. The van der Waals surface area contributed by atoms with Gasteiger partial charge in [-0.2, -0.15) is 0 Å². The summed E-state index contributed by atoms with van der Waals surface area (Å²) in [6.07, 6.45) is -0.0579. The van der Waals surface area contributed by atoms with Gasteiger partial charge in [-0.15, -0.1) is 0 Å². The molecular weight excluding hydrogens is 318 g/mol. The highest BCUT2D eigenvalue weighted by atomic mass is 79.9. The lowest BCUT2D eigenvalue weighted by atomic mass is 10.2. The van der Waals surface area contributed by atoms with E-state index in [-0.39, 0.29) is 17.8 Å². The van der Waals surface area contributed by atoms with Crippen molar-refractivity contribution >= 4 is 33.2 Å². The summed E-state index contributed by atoms with van der Waals surface area (Å²) in [4.78, 5) is 22.1. The van der Waals surface area contributed by atoms with E-state index in [1.807, 2.05) is 24.3 Å². The Balaban J connectivity index is 2.39. The summed E-state index contributed by atoms with van der Waals surface area (Å²) in [5, 5.41) is 10.4. The molecule has 1 aromatic carbocycles. The first-order valence-electron chi connectivity index (χ1n) is 5.24. The Bertz CT molecular complexity index is 632. The number of carboxylic acid groups (broad SMARTS) is 1. The van der Waals surface area contributed by atoms with Crippen LogP contribution in [0, 0.1) is 0 Å². The van der Waals surface area contributed by atoms with E-state index in [1.165, 1.54) is 4.57 Å². The molecule has 0 spiro atoms. The quantitative estimate of drug-likeness (QED) is 0.939. The van der Waals surface area contributed by atoms with Crippen LogP contribution < -0.4 is 4.87 Å². The molecule has 0 aliphatic heterocycles. The van der Waals surface area contributed by atoms with Crippen LogP contribution in [0.2, 0.25) is 0 Å². The molecule has 0 aliphatic rings. The fourth-order valence-corrected chi connectivity index (χ4v) is 2.81. The maximum Gasteiger partial charge on any atom is 0.307 e. The number of hydrogen-bond acceptors (Lipinski definition) is 3. The van der Waals surface area contributed by atoms with Crippen molar-refractivity contribution in [3.05, 3.63) is 43.8 Å². The van der Waals surface area contributed by atoms with Crippen molar-refractivity contribution in [1.82, 2.24) is 4.57 Å². The Morgan fingerprint density at radius 1 is 1.44 bits per heavy atom. The standard InChI is InChI=1S/C12H10BrNO3S/c13-9-3-1-2-8(6-9)10-7-18-12(17)14(10)5-4-11(15)16/h1-3,6-7H,4-5H2,(H,15,16). The lowest BCUT2D eigenvalue weighted by Crippen LogP contribution is -2.16. The van der Waals surface area contributed by atoms with Gasteiger partial charge < -0.3 is 5.11 Å². The van der Waals surface area contributed by atoms with Crippen LogP contribution >= 0.6 is 27.3 Å². The molecule has 18 heavy (non-hydrogen) atoms.